The number of carbonyl (C=O) groups is 4. The van der Waals surface area contributed by atoms with Gasteiger partial charge in [0, 0.05) is 39.1 Å². The standard InChI is InChI=1S/C20H18N2O6/c1-9(2)21-17(25)11-3-5-13-16-14(6-4-12(15(11)16)18(21)26)20(28)22(19(13)27)10(7-23)8-24/h3-6,9-10,23-24H,7-8H2,1-2H3. The minimum atomic E-state index is -1.07. The van der Waals surface area contributed by atoms with Crippen LogP contribution in [0.4, 0.5) is 0 Å². The average molecular weight is 382 g/mol. The highest BCUT2D eigenvalue weighted by molar-refractivity contribution is 6.33. The van der Waals surface area contributed by atoms with Crippen LogP contribution in [0, 0.1) is 0 Å². The molecular weight excluding hydrogens is 364 g/mol. The Morgan fingerprint density at radius 2 is 1.00 bits per heavy atom. The fourth-order valence-corrected chi connectivity index (χ4v) is 3.93. The second-order valence-electron chi connectivity index (χ2n) is 7.14. The lowest BCUT2D eigenvalue weighted by Crippen LogP contribution is -2.51. The van der Waals surface area contributed by atoms with Gasteiger partial charge in [0.05, 0.1) is 19.3 Å². The lowest BCUT2D eigenvalue weighted by molar-refractivity contribution is 0.0373. The molecule has 2 aromatic carbocycles. The van der Waals surface area contributed by atoms with Crippen LogP contribution in [0.1, 0.15) is 55.3 Å². The van der Waals surface area contributed by atoms with Crippen molar-refractivity contribution < 1.29 is 29.4 Å². The maximum absolute atomic E-state index is 12.9. The number of hydrogen-bond donors (Lipinski definition) is 2. The van der Waals surface area contributed by atoms with E-state index in [1.54, 1.807) is 13.8 Å². The molecule has 2 aliphatic heterocycles. The fourth-order valence-electron chi connectivity index (χ4n) is 3.93. The monoisotopic (exact) mass is 382 g/mol. The van der Waals surface area contributed by atoms with Crippen molar-refractivity contribution in [3.05, 3.63) is 46.5 Å². The normalized spacial score (nSPS) is 16.2. The summed E-state index contributed by atoms with van der Waals surface area (Å²) in [7, 11) is 0. The molecule has 0 atom stereocenters. The average Bonchev–Trinajstić information content (AvgIpc) is 2.67. The summed E-state index contributed by atoms with van der Waals surface area (Å²) in [5.74, 6) is -2.30. The molecule has 0 saturated carbocycles. The first kappa shape index (κ1) is 18.3. The molecule has 4 amide bonds. The second-order valence-corrected chi connectivity index (χ2v) is 7.14. The van der Waals surface area contributed by atoms with E-state index in [2.05, 4.69) is 0 Å². The molecule has 144 valence electrons. The zero-order chi connectivity index (χ0) is 20.3. The number of aliphatic hydroxyl groups is 2. The molecule has 2 aliphatic rings. The molecule has 28 heavy (non-hydrogen) atoms. The van der Waals surface area contributed by atoms with E-state index < -0.39 is 42.9 Å². The number of benzene rings is 2. The molecule has 0 aromatic heterocycles. The first-order valence-electron chi connectivity index (χ1n) is 8.90. The van der Waals surface area contributed by atoms with E-state index in [-0.39, 0.29) is 33.7 Å². The van der Waals surface area contributed by atoms with Crippen LogP contribution in [0.2, 0.25) is 0 Å². The van der Waals surface area contributed by atoms with Crippen LogP contribution < -0.4 is 0 Å². The van der Waals surface area contributed by atoms with Gasteiger partial charge in [0.2, 0.25) is 0 Å². The molecule has 0 spiro atoms. The summed E-state index contributed by atoms with van der Waals surface area (Å²) in [4.78, 5) is 53.6. The Hall–Kier alpha value is -3.10. The van der Waals surface area contributed by atoms with Crippen molar-refractivity contribution in [3.8, 4) is 0 Å². The van der Waals surface area contributed by atoms with Gasteiger partial charge < -0.3 is 10.2 Å². The van der Waals surface area contributed by atoms with Crippen molar-refractivity contribution in [2.75, 3.05) is 13.2 Å². The van der Waals surface area contributed by atoms with Gasteiger partial charge in [0.15, 0.2) is 0 Å². The molecule has 8 heteroatoms. The minimum Gasteiger partial charge on any atom is -0.394 e. The number of amides is 4. The Labute approximate surface area is 160 Å². The smallest absolute Gasteiger partial charge is 0.261 e. The summed E-state index contributed by atoms with van der Waals surface area (Å²) in [6.45, 7) is 2.31. The predicted molar refractivity (Wildman–Crippen MR) is 98.0 cm³/mol. The number of hydrogen-bond acceptors (Lipinski definition) is 6. The number of rotatable bonds is 4. The highest BCUT2D eigenvalue weighted by atomic mass is 16.3. The van der Waals surface area contributed by atoms with Crippen LogP contribution in [0.25, 0.3) is 10.8 Å². The number of nitrogens with zero attached hydrogens (tertiary/aromatic N) is 2. The Morgan fingerprint density at radius 3 is 1.29 bits per heavy atom. The zero-order valence-electron chi connectivity index (χ0n) is 15.3. The summed E-state index contributed by atoms with van der Waals surface area (Å²) < 4.78 is 0. The van der Waals surface area contributed by atoms with Gasteiger partial charge in [-0.25, -0.2) is 0 Å². The summed E-state index contributed by atoms with van der Waals surface area (Å²) in [5, 5.41) is 19.4. The van der Waals surface area contributed by atoms with Crippen LogP contribution in [-0.2, 0) is 0 Å². The van der Waals surface area contributed by atoms with Crippen molar-refractivity contribution in [3.63, 3.8) is 0 Å². The molecule has 0 unspecified atom stereocenters. The van der Waals surface area contributed by atoms with Gasteiger partial charge in [0.1, 0.15) is 0 Å². The zero-order valence-corrected chi connectivity index (χ0v) is 15.3. The fraction of sp³-hybridized carbons (Fsp3) is 0.300. The molecule has 2 N–H and O–H groups in total. The summed E-state index contributed by atoms with van der Waals surface area (Å²) in [6, 6.07) is 4.44. The van der Waals surface area contributed by atoms with E-state index in [0.717, 1.165) is 9.80 Å². The predicted octanol–water partition coefficient (Wildman–Crippen LogP) is 0.793. The van der Waals surface area contributed by atoms with E-state index in [9.17, 15) is 29.4 Å². The maximum atomic E-state index is 12.9. The first-order valence-corrected chi connectivity index (χ1v) is 8.90. The van der Waals surface area contributed by atoms with E-state index in [1.807, 2.05) is 0 Å². The number of imide groups is 2. The maximum Gasteiger partial charge on any atom is 0.261 e. The molecule has 0 radical (unpaired) electrons. The first-order chi connectivity index (χ1) is 13.3. The minimum absolute atomic E-state index is 0.153. The molecule has 0 saturated heterocycles. The van der Waals surface area contributed by atoms with Gasteiger partial charge in [-0.2, -0.15) is 0 Å². The van der Waals surface area contributed by atoms with Crippen molar-refractivity contribution in [1.29, 1.82) is 0 Å². The highest BCUT2D eigenvalue weighted by Crippen LogP contribution is 2.38. The van der Waals surface area contributed by atoms with E-state index >= 15 is 0 Å². The van der Waals surface area contributed by atoms with Crippen LogP contribution >= 0.6 is 0 Å². The third-order valence-electron chi connectivity index (χ3n) is 5.26. The third-order valence-corrected chi connectivity index (χ3v) is 5.26. The Morgan fingerprint density at radius 1 is 0.679 bits per heavy atom. The van der Waals surface area contributed by atoms with E-state index in [4.69, 9.17) is 0 Å². The SMILES string of the molecule is CC(C)N1C(=O)c2ccc3c4c(ccc(c24)C1=O)C(=O)N(C(CO)CO)C3=O. The van der Waals surface area contributed by atoms with Crippen molar-refractivity contribution in [2.24, 2.45) is 0 Å². The molecule has 8 nitrogen and oxygen atoms in total. The van der Waals surface area contributed by atoms with Crippen molar-refractivity contribution in [2.45, 2.75) is 25.9 Å². The number of carbonyl (C=O) groups excluding carboxylic acids is 4. The van der Waals surface area contributed by atoms with Crippen molar-refractivity contribution in [1.82, 2.24) is 9.80 Å². The molecule has 0 aliphatic carbocycles. The van der Waals surface area contributed by atoms with E-state index in [1.165, 1.54) is 24.3 Å². The van der Waals surface area contributed by atoms with Gasteiger partial charge in [-0.1, -0.05) is 0 Å². The Kier molecular flexibility index (Phi) is 4.06. The quantitative estimate of drug-likeness (QED) is 0.756. The van der Waals surface area contributed by atoms with Crippen LogP contribution in [0.5, 0.6) is 0 Å². The number of aliphatic hydroxyl groups excluding tert-OH is 2. The van der Waals surface area contributed by atoms with Gasteiger partial charge in [-0.05, 0) is 38.1 Å². The van der Waals surface area contributed by atoms with Crippen LogP contribution in [0.15, 0.2) is 24.3 Å². The van der Waals surface area contributed by atoms with Crippen LogP contribution in [-0.4, -0.2) is 68.9 Å². The van der Waals surface area contributed by atoms with Gasteiger partial charge in [-0.15, -0.1) is 0 Å². The van der Waals surface area contributed by atoms with Gasteiger partial charge in [0.25, 0.3) is 23.6 Å². The third kappa shape index (κ3) is 2.18. The topological polar surface area (TPSA) is 115 Å². The Balaban J connectivity index is 2.02. The molecule has 0 bridgehead atoms. The summed E-state index contributed by atoms with van der Waals surface area (Å²) in [5.41, 5.74) is 0.832. The lowest BCUT2D eigenvalue weighted by atomic mass is 9.85. The second kappa shape index (κ2) is 6.22. The Bertz CT molecular complexity index is 999. The van der Waals surface area contributed by atoms with E-state index in [0.29, 0.717) is 5.39 Å². The molecular formula is C20H18N2O6. The summed E-state index contributed by atoms with van der Waals surface area (Å²) in [6.07, 6.45) is 0. The molecule has 2 aromatic rings. The summed E-state index contributed by atoms with van der Waals surface area (Å²) >= 11 is 0. The largest absolute Gasteiger partial charge is 0.394 e. The van der Waals surface area contributed by atoms with Crippen molar-refractivity contribution >= 4 is 34.4 Å². The molecule has 2 heterocycles. The van der Waals surface area contributed by atoms with Crippen LogP contribution in [0.3, 0.4) is 0 Å². The molecule has 4 rings (SSSR count). The molecule has 0 fully saturated rings. The van der Waals surface area contributed by atoms with Gasteiger partial charge in [-0.3, -0.25) is 29.0 Å². The lowest BCUT2D eigenvalue weighted by Gasteiger charge is -2.35. The highest BCUT2D eigenvalue weighted by Gasteiger charge is 2.41. The van der Waals surface area contributed by atoms with Gasteiger partial charge >= 0.3 is 0 Å².